The van der Waals surface area contributed by atoms with Crippen LogP contribution in [0.3, 0.4) is 0 Å². The first-order valence-electron chi connectivity index (χ1n) is 11.1. The Bertz CT molecular complexity index is 1230. The first-order valence-corrected chi connectivity index (χ1v) is 11.1. The van der Waals surface area contributed by atoms with E-state index in [-0.39, 0.29) is 5.91 Å². The van der Waals surface area contributed by atoms with E-state index in [0.717, 1.165) is 48.3 Å². The average Bonchev–Trinajstić information content (AvgIpc) is 3.48. The molecule has 1 aromatic carbocycles. The molecule has 2 saturated heterocycles. The second-order valence-electron chi connectivity index (χ2n) is 8.31. The number of imidazole rings is 1. The Kier molecular flexibility index (Phi) is 4.75. The van der Waals surface area contributed by atoms with Gasteiger partial charge in [0.05, 0.1) is 11.9 Å². The Morgan fingerprint density at radius 2 is 1.81 bits per heavy atom. The van der Waals surface area contributed by atoms with E-state index in [4.69, 9.17) is 9.15 Å². The molecular weight excluding hydrogens is 408 g/mol. The number of hydrogen-bond donors (Lipinski definition) is 0. The maximum atomic E-state index is 13.1. The SMILES string of the molecule is O=C(c1cnc2c(c1)ncn2C1CCOCC1)N1CCN(c2nc3ccccc3o2)CC1. The van der Waals surface area contributed by atoms with Gasteiger partial charge in [-0.05, 0) is 31.0 Å². The summed E-state index contributed by atoms with van der Waals surface area (Å²) in [5, 5.41) is 0. The van der Waals surface area contributed by atoms with Crippen LogP contribution in [0.1, 0.15) is 29.2 Å². The Balaban J connectivity index is 1.15. The molecule has 9 nitrogen and oxygen atoms in total. The second kappa shape index (κ2) is 7.90. The van der Waals surface area contributed by atoms with E-state index in [2.05, 4.69) is 24.4 Å². The maximum Gasteiger partial charge on any atom is 0.298 e. The van der Waals surface area contributed by atoms with E-state index >= 15 is 0 Å². The largest absolute Gasteiger partial charge is 0.423 e. The van der Waals surface area contributed by atoms with E-state index in [0.29, 0.717) is 43.8 Å². The molecule has 4 aromatic rings. The van der Waals surface area contributed by atoms with Gasteiger partial charge in [0, 0.05) is 51.6 Å². The number of oxazole rings is 1. The number of para-hydroxylation sites is 2. The van der Waals surface area contributed by atoms with Gasteiger partial charge in [-0.25, -0.2) is 9.97 Å². The predicted octanol–water partition coefficient (Wildman–Crippen LogP) is 2.89. The summed E-state index contributed by atoms with van der Waals surface area (Å²) in [4.78, 5) is 30.7. The van der Waals surface area contributed by atoms with E-state index in [9.17, 15) is 4.79 Å². The standard InChI is InChI=1S/C23H24N6O3/c30-22(16-13-19-21(24-14-16)29(15-25-19)17-5-11-31-12-6-17)27-7-9-28(10-8-27)23-26-18-3-1-2-4-20(18)32-23/h1-4,13-15,17H,5-12H2. The lowest BCUT2D eigenvalue weighted by atomic mass is 10.1. The van der Waals surface area contributed by atoms with Crippen LogP contribution in [0.15, 0.2) is 47.3 Å². The summed E-state index contributed by atoms with van der Waals surface area (Å²) in [5.74, 6) is -0.0165. The Labute approximate surface area is 184 Å². The maximum absolute atomic E-state index is 13.1. The summed E-state index contributed by atoms with van der Waals surface area (Å²) in [6, 6.07) is 10.6. The van der Waals surface area contributed by atoms with Crippen LogP contribution < -0.4 is 4.90 Å². The highest BCUT2D eigenvalue weighted by atomic mass is 16.5. The minimum absolute atomic E-state index is 0.0165. The molecule has 164 valence electrons. The summed E-state index contributed by atoms with van der Waals surface area (Å²) in [7, 11) is 0. The van der Waals surface area contributed by atoms with Crippen molar-refractivity contribution >= 4 is 34.2 Å². The molecule has 32 heavy (non-hydrogen) atoms. The van der Waals surface area contributed by atoms with Crippen LogP contribution in [0.2, 0.25) is 0 Å². The lowest BCUT2D eigenvalue weighted by Crippen LogP contribution is -2.49. The number of nitrogens with zero attached hydrogens (tertiary/aromatic N) is 6. The number of carbonyl (C=O) groups is 1. The van der Waals surface area contributed by atoms with Crippen LogP contribution >= 0.6 is 0 Å². The number of pyridine rings is 1. The van der Waals surface area contributed by atoms with Crippen molar-refractivity contribution in [3.05, 3.63) is 48.4 Å². The Morgan fingerprint density at radius 3 is 2.62 bits per heavy atom. The van der Waals surface area contributed by atoms with Crippen molar-refractivity contribution in [3.8, 4) is 0 Å². The van der Waals surface area contributed by atoms with E-state index in [1.165, 1.54) is 0 Å². The summed E-state index contributed by atoms with van der Waals surface area (Å²) >= 11 is 0. The smallest absolute Gasteiger partial charge is 0.298 e. The Morgan fingerprint density at radius 1 is 1.00 bits per heavy atom. The van der Waals surface area contributed by atoms with Gasteiger partial charge in [-0.3, -0.25) is 4.79 Å². The zero-order valence-electron chi connectivity index (χ0n) is 17.7. The van der Waals surface area contributed by atoms with Gasteiger partial charge in [0.15, 0.2) is 11.2 Å². The fourth-order valence-corrected chi connectivity index (χ4v) is 4.55. The molecule has 9 heteroatoms. The zero-order valence-corrected chi connectivity index (χ0v) is 17.7. The van der Waals surface area contributed by atoms with Gasteiger partial charge in [-0.15, -0.1) is 0 Å². The number of anilines is 1. The molecule has 0 unspecified atom stereocenters. The van der Waals surface area contributed by atoms with E-state index in [1.807, 2.05) is 41.6 Å². The Hall–Kier alpha value is -3.46. The minimum atomic E-state index is -0.0165. The van der Waals surface area contributed by atoms with Crippen molar-refractivity contribution in [2.75, 3.05) is 44.3 Å². The lowest BCUT2D eigenvalue weighted by molar-refractivity contribution is 0.0704. The van der Waals surface area contributed by atoms with Gasteiger partial charge < -0.3 is 23.5 Å². The number of amides is 1. The topological polar surface area (TPSA) is 89.5 Å². The number of rotatable bonds is 3. The van der Waals surface area contributed by atoms with Crippen molar-refractivity contribution in [1.82, 2.24) is 24.4 Å². The molecule has 2 aliphatic heterocycles. The third kappa shape index (κ3) is 3.38. The van der Waals surface area contributed by atoms with E-state index in [1.54, 1.807) is 6.20 Å². The van der Waals surface area contributed by atoms with Crippen molar-refractivity contribution in [2.24, 2.45) is 0 Å². The summed E-state index contributed by atoms with van der Waals surface area (Å²) in [6.45, 7) is 4.07. The number of carbonyl (C=O) groups excluding carboxylic acids is 1. The predicted molar refractivity (Wildman–Crippen MR) is 119 cm³/mol. The van der Waals surface area contributed by atoms with Gasteiger partial charge in [-0.1, -0.05) is 12.1 Å². The molecular formula is C23H24N6O3. The highest BCUT2D eigenvalue weighted by molar-refractivity contribution is 5.96. The second-order valence-corrected chi connectivity index (χ2v) is 8.31. The summed E-state index contributed by atoms with van der Waals surface area (Å²) in [6.07, 6.45) is 5.42. The number of aromatic nitrogens is 4. The van der Waals surface area contributed by atoms with Crippen LogP contribution in [-0.4, -0.2) is 69.7 Å². The highest BCUT2D eigenvalue weighted by Crippen LogP contribution is 2.26. The molecule has 2 aliphatic rings. The van der Waals surface area contributed by atoms with Gasteiger partial charge in [0.2, 0.25) is 0 Å². The van der Waals surface area contributed by atoms with Crippen LogP contribution in [0.25, 0.3) is 22.3 Å². The molecule has 5 heterocycles. The third-order valence-electron chi connectivity index (χ3n) is 6.36. The first kappa shape index (κ1) is 19.2. The van der Waals surface area contributed by atoms with Gasteiger partial charge >= 0.3 is 0 Å². The van der Waals surface area contributed by atoms with Crippen LogP contribution in [-0.2, 0) is 4.74 Å². The van der Waals surface area contributed by atoms with Gasteiger partial charge in [0.25, 0.3) is 11.9 Å². The zero-order chi connectivity index (χ0) is 21.5. The van der Waals surface area contributed by atoms with Gasteiger partial charge in [-0.2, -0.15) is 4.98 Å². The van der Waals surface area contributed by atoms with Crippen LogP contribution in [0.4, 0.5) is 6.01 Å². The molecule has 2 fully saturated rings. The van der Waals surface area contributed by atoms with Crippen LogP contribution in [0.5, 0.6) is 0 Å². The lowest BCUT2D eigenvalue weighted by Gasteiger charge is -2.33. The monoisotopic (exact) mass is 432 g/mol. The molecule has 0 spiro atoms. The van der Waals surface area contributed by atoms with Gasteiger partial charge in [0.1, 0.15) is 11.0 Å². The fourth-order valence-electron chi connectivity index (χ4n) is 4.55. The molecule has 0 radical (unpaired) electrons. The summed E-state index contributed by atoms with van der Waals surface area (Å²) < 4.78 is 13.4. The molecule has 6 rings (SSSR count). The fraction of sp³-hybridized carbons (Fsp3) is 0.391. The highest BCUT2D eigenvalue weighted by Gasteiger charge is 2.26. The molecule has 0 saturated carbocycles. The van der Waals surface area contributed by atoms with Crippen molar-refractivity contribution in [3.63, 3.8) is 0 Å². The number of benzene rings is 1. The van der Waals surface area contributed by atoms with Crippen molar-refractivity contribution in [1.29, 1.82) is 0 Å². The third-order valence-corrected chi connectivity index (χ3v) is 6.36. The molecule has 3 aromatic heterocycles. The molecule has 0 N–H and O–H groups in total. The molecule has 0 aliphatic carbocycles. The molecule has 1 amide bonds. The average molecular weight is 432 g/mol. The molecule has 0 bridgehead atoms. The number of hydrogen-bond acceptors (Lipinski definition) is 7. The first-order chi connectivity index (χ1) is 15.8. The van der Waals surface area contributed by atoms with Crippen molar-refractivity contribution in [2.45, 2.75) is 18.9 Å². The normalized spacial score (nSPS) is 18.0. The molecule has 0 atom stereocenters. The number of piperazine rings is 1. The minimum Gasteiger partial charge on any atom is -0.423 e. The summed E-state index contributed by atoms with van der Waals surface area (Å²) in [5.41, 5.74) is 3.79. The number of ether oxygens (including phenoxy) is 1. The van der Waals surface area contributed by atoms with E-state index < -0.39 is 0 Å². The van der Waals surface area contributed by atoms with Crippen LogP contribution in [0, 0.1) is 0 Å². The number of fused-ring (bicyclic) bond motifs is 2. The van der Waals surface area contributed by atoms with Crippen molar-refractivity contribution < 1.29 is 13.9 Å². The quantitative estimate of drug-likeness (QED) is 0.492.